The van der Waals surface area contributed by atoms with E-state index in [0.29, 0.717) is 5.92 Å². The fourth-order valence-electron chi connectivity index (χ4n) is 10.0. The van der Waals surface area contributed by atoms with Crippen molar-refractivity contribution in [1.29, 1.82) is 0 Å². The van der Waals surface area contributed by atoms with Crippen molar-refractivity contribution in [3.63, 3.8) is 0 Å². The summed E-state index contributed by atoms with van der Waals surface area (Å²) < 4.78 is 2.45. The van der Waals surface area contributed by atoms with E-state index < -0.39 is 0 Å². The third kappa shape index (κ3) is 6.60. The molecule has 2 nitrogen and oxygen atoms in total. The van der Waals surface area contributed by atoms with Gasteiger partial charge in [-0.15, -0.1) is 0 Å². The molecule has 1 aliphatic heterocycles. The standard InChI is InChI=1S/C60H48N2/c1-41-28-29-48(38-42(41)2)60-52-33-31-49(61-55(43-18-8-3-9-19-43)34-35-56(61)44-20-10-4-11-21-44)39-53(52)59(47-26-16-7-17-27-47)51-32-30-50(40-54(51)60)62-57(45-22-12-5-13-23-45)36-37-58(62)46-24-14-6-15-25-46/h3-24,26-35,37-40,46,57H,25,36H2,1-2H3. The molecule has 0 N–H and O–H groups in total. The van der Waals surface area contributed by atoms with Gasteiger partial charge in [0.1, 0.15) is 0 Å². The lowest BCUT2D eigenvalue weighted by Gasteiger charge is -2.34. The predicted molar refractivity (Wildman–Crippen MR) is 263 cm³/mol. The lowest BCUT2D eigenvalue weighted by atomic mass is 9.84. The number of anilines is 1. The van der Waals surface area contributed by atoms with Gasteiger partial charge in [-0.05, 0) is 135 Å². The first-order chi connectivity index (χ1) is 30.6. The Balaban J connectivity index is 1.21. The third-order valence-corrected chi connectivity index (χ3v) is 13.2. The van der Waals surface area contributed by atoms with Gasteiger partial charge in [0.15, 0.2) is 0 Å². The Morgan fingerprint density at radius 3 is 1.60 bits per heavy atom. The molecule has 2 unspecified atom stereocenters. The summed E-state index contributed by atoms with van der Waals surface area (Å²) in [6.45, 7) is 4.45. The highest BCUT2D eigenvalue weighted by Crippen LogP contribution is 2.49. The van der Waals surface area contributed by atoms with Crippen molar-refractivity contribution in [2.45, 2.75) is 32.7 Å². The highest BCUT2D eigenvalue weighted by Gasteiger charge is 2.33. The molecule has 0 saturated heterocycles. The highest BCUT2D eigenvalue weighted by molar-refractivity contribution is 6.22. The van der Waals surface area contributed by atoms with Gasteiger partial charge < -0.3 is 9.47 Å². The van der Waals surface area contributed by atoms with Gasteiger partial charge in [0.25, 0.3) is 0 Å². The normalized spacial score (nSPS) is 16.0. The van der Waals surface area contributed by atoms with E-state index in [1.807, 2.05) is 0 Å². The average molecular weight is 797 g/mol. The zero-order valence-corrected chi connectivity index (χ0v) is 35.2. The van der Waals surface area contributed by atoms with Gasteiger partial charge in [-0.25, -0.2) is 0 Å². The number of nitrogens with zero attached hydrogens (tertiary/aromatic N) is 2. The Kier molecular flexibility index (Phi) is 9.62. The number of hydrogen-bond acceptors (Lipinski definition) is 1. The Morgan fingerprint density at radius 1 is 0.435 bits per heavy atom. The Labute approximate surface area is 365 Å². The fourth-order valence-corrected chi connectivity index (χ4v) is 10.0. The number of aryl methyl sites for hydroxylation is 2. The fraction of sp³-hybridized carbons (Fsp3) is 0.100. The number of hydrogen-bond donors (Lipinski definition) is 0. The van der Waals surface area contributed by atoms with Crippen molar-refractivity contribution in [3.8, 4) is 50.5 Å². The number of rotatable bonds is 8. The van der Waals surface area contributed by atoms with E-state index >= 15 is 0 Å². The van der Waals surface area contributed by atoms with E-state index in [1.54, 1.807) is 0 Å². The van der Waals surface area contributed by atoms with Crippen molar-refractivity contribution >= 4 is 27.2 Å². The van der Waals surface area contributed by atoms with Crippen LogP contribution in [-0.4, -0.2) is 4.57 Å². The molecule has 8 aromatic carbocycles. The van der Waals surface area contributed by atoms with Crippen LogP contribution in [0, 0.1) is 19.8 Å². The second kappa shape index (κ2) is 15.9. The molecule has 298 valence electrons. The molecule has 11 rings (SSSR count). The summed E-state index contributed by atoms with van der Waals surface area (Å²) in [5, 5.41) is 4.99. The van der Waals surface area contributed by atoms with Gasteiger partial charge in [0.2, 0.25) is 0 Å². The molecule has 2 aliphatic rings. The first-order valence-corrected chi connectivity index (χ1v) is 22.0. The summed E-state index contributed by atoms with van der Waals surface area (Å²) in [6.07, 6.45) is 13.6. The van der Waals surface area contributed by atoms with Crippen LogP contribution in [0.25, 0.3) is 72.0 Å². The van der Waals surface area contributed by atoms with Crippen molar-refractivity contribution in [2.24, 2.45) is 5.92 Å². The van der Waals surface area contributed by atoms with Gasteiger partial charge in [-0.1, -0.05) is 182 Å². The second-order valence-electron chi connectivity index (χ2n) is 16.9. The van der Waals surface area contributed by atoms with Crippen molar-refractivity contribution < 1.29 is 0 Å². The summed E-state index contributed by atoms with van der Waals surface area (Å²) in [7, 11) is 0. The van der Waals surface area contributed by atoms with Crippen molar-refractivity contribution in [1.82, 2.24) is 4.57 Å². The third-order valence-electron chi connectivity index (χ3n) is 13.2. The topological polar surface area (TPSA) is 8.17 Å². The maximum Gasteiger partial charge on any atom is 0.0623 e. The monoisotopic (exact) mass is 796 g/mol. The average Bonchev–Trinajstić information content (AvgIpc) is 3.99. The molecule has 0 saturated carbocycles. The first kappa shape index (κ1) is 37.6. The second-order valence-corrected chi connectivity index (χ2v) is 16.9. The molecule has 9 aromatic rings. The number of benzene rings is 8. The summed E-state index contributed by atoms with van der Waals surface area (Å²) in [4.78, 5) is 2.64. The predicted octanol–water partition coefficient (Wildman–Crippen LogP) is 16.0. The highest BCUT2D eigenvalue weighted by atomic mass is 15.2. The molecule has 2 heteroatoms. The molecule has 1 aromatic heterocycles. The SMILES string of the molecule is Cc1ccc(-c2c3ccc(-n4c(-c5ccccc5)ccc4-c4ccccc4)cc3c(-c3ccccc3)c3ccc(N4C(C5C=CC=CC5)=CCC4c4ccccc4)cc23)cc1C. The Hall–Kier alpha value is -7.42. The minimum Gasteiger partial charge on any atom is -0.337 e. The molecule has 62 heavy (non-hydrogen) atoms. The van der Waals surface area contributed by atoms with Gasteiger partial charge in [0, 0.05) is 23.0 Å². The van der Waals surface area contributed by atoms with Crippen LogP contribution in [0.5, 0.6) is 0 Å². The summed E-state index contributed by atoms with van der Waals surface area (Å²) in [5.41, 5.74) is 17.3. The van der Waals surface area contributed by atoms with E-state index in [1.165, 1.54) is 83.0 Å². The minimum atomic E-state index is 0.212. The largest absolute Gasteiger partial charge is 0.337 e. The molecule has 0 fully saturated rings. The van der Waals surface area contributed by atoms with E-state index in [4.69, 9.17) is 0 Å². The molecule has 0 bridgehead atoms. The van der Waals surface area contributed by atoms with Crippen LogP contribution in [0.15, 0.2) is 224 Å². The minimum absolute atomic E-state index is 0.212. The maximum atomic E-state index is 2.64. The van der Waals surface area contributed by atoms with Crippen molar-refractivity contribution in [3.05, 3.63) is 241 Å². The van der Waals surface area contributed by atoms with E-state index in [2.05, 4.69) is 242 Å². The van der Waals surface area contributed by atoms with Gasteiger partial charge in [0.05, 0.1) is 17.4 Å². The van der Waals surface area contributed by atoms with Crippen LogP contribution in [-0.2, 0) is 0 Å². The Morgan fingerprint density at radius 2 is 1.00 bits per heavy atom. The molecule has 2 heterocycles. The van der Waals surface area contributed by atoms with Crippen LogP contribution in [0.4, 0.5) is 5.69 Å². The molecule has 1 aliphatic carbocycles. The van der Waals surface area contributed by atoms with Crippen LogP contribution in [0.1, 0.15) is 35.6 Å². The summed E-state index contributed by atoms with van der Waals surface area (Å²) in [6, 6.07) is 69.9. The van der Waals surface area contributed by atoms with E-state index in [0.717, 1.165) is 29.9 Å². The quantitative estimate of drug-likeness (QED) is 0.139. The molecular weight excluding hydrogens is 749 g/mol. The van der Waals surface area contributed by atoms with Crippen LogP contribution >= 0.6 is 0 Å². The maximum absolute atomic E-state index is 2.64. The zero-order valence-electron chi connectivity index (χ0n) is 35.2. The van der Waals surface area contributed by atoms with Gasteiger partial charge in [-0.3, -0.25) is 0 Å². The number of allylic oxidation sites excluding steroid dienone is 4. The summed E-state index contributed by atoms with van der Waals surface area (Å²) >= 11 is 0. The molecular formula is C60H48N2. The smallest absolute Gasteiger partial charge is 0.0623 e. The lowest BCUT2D eigenvalue weighted by Crippen LogP contribution is -2.27. The van der Waals surface area contributed by atoms with E-state index in [9.17, 15) is 0 Å². The van der Waals surface area contributed by atoms with Crippen LogP contribution in [0.2, 0.25) is 0 Å². The molecule has 0 amide bonds. The first-order valence-electron chi connectivity index (χ1n) is 22.0. The lowest BCUT2D eigenvalue weighted by molar-refractivity contribution is 0.669. The van der Waals surface area contributed by atoms with Crippen LogP contribution < -0.4 is 4.90 Å². The zero-order chi connectivity index (χ0) is 41.6. The summed E-state index contributed by atoms with van der Waals surface area (Å²) in [5.74, 6) is 0.328. The van der Waals surface area contributed by atoms with Gasteiger partial charge >= 0.3 is 0 Å². The molecule has 0 radical (unpaired) electrons. The number of aromatic nitrogens is 1. The Bertz CT molecular complexity index is 3130. The van der Waals surface area contributed by atoms with Crippen molar-refractivity contribution in [2.75, 3.05) is 4.90 Å². The molecule has 2 atom stereocenters. The number of fused-ring (bicyclic) bond motifs is 2. The van der Waals surface area contributed by atoms with E-state index in [-0.39, 0.29) is 6.04 Å². The molecule has 0 spiro atoms. The van der Waals surface area contributed by atoms with Crippen LogP contribution in [0.3, 0.4) is 0 Å². The van der Waals surface area contributed by atoms with Gasteiger partial charge in [-0.2, -0.15) is 0 Å².